The number of halogens is 1. The van der Waals surface area contributed by atoms with Crippen LogP contribution in [-0.2, 0) is 22.4 Å². The molecule has 0 saturated carbocycles. The van der Waals surface area contributed by atoms with Gasteiger partial charge in [0.2, 0.25) is 5.09 Å². The number of hydrogen-bond acceptors (Lipinski definition) is 6. The molecule has 0 spiro atoms. The lowest BCUT2D eigenvalue weighted by molar-refractivity contribution is -0.0278. The number of fused-ring (bicyclic) bond motifs is 1. The van der Waals surface area contributed by atoms with E-state index in [1.54, 1.807) is 12.6 Å². The number of ether oxygens (including phenoxy) is 2. The Labute approximate surface area is 197 Å². The molecule has 3 heterocycles. The van der Waals surface area contributed by atoms with Gasteiger partial charge in [0, 0.05) is 16.6 Å². The highest BCUT2D eigenvalue weighted by atomic mass is 79.9. The van der Waals surface area contributed by atoms with Crippen molar-refractivity contribution in [1.29, 1.82) is 5.41 Å². The largest absolute Gasteiger partial charge is 0.454 e. The van der Waals surface area contributed by atoms with E-state index in [0.29, 0.717) is 21.4 Å². The molecule has 162 valence electrons. The van der Waals surface area contributed by atoms with Crippen LogP contribution in [0.1, 0.15) is 23.8 Å². The maximum atomic E-state index is 8.16. The smallest absolute Gasteiger partial charge is 0.268 e. The third kappa shape index (κ3) is 4.44. The summed E-state index contributed by atoms with van der Waals surface area (Å²) in [7, 11) is 0. The fourth-order valence-corrected chi connectivity index (χ4v) is 4.68. The maximum Gasteiger partial charge on any atom is 0.268 e. The summed E-state index contributed by atoms with van der Waals surface area (Å²) in [6, 6.07) is 18.2. The molecule has 5 rings (SSSR count). The van der Waals surface area contributed by atoms with Crippen LogP contribution in [0, 0.1) is 5.41 Å². The summed E-state index contributed by atoms with van der Waals surface area (Å²) >= 11 is 4.86. The molecule has 1 aliphatic heterocycles. The lowest BCUT2D eigenvalue weighted by Crippen LogP contribution is -2.13. The topological polar surface area (TPSA) is 88.8 Å². The summed E-state index contributed by atoms with van der Waals surface area (Å²) < 4.78 is 14.5. The fraction of sp³-hybridized carbons (Fsp3) is 0.174. The molecule has 7 nitrogen and oxygen atoms in total. The molecule has 2 N–H and O–H groups in total. The van der Waals surface area contributed by atoms with E-state index in [1.165, 1.54) is 17.3 Å². The van der Waals surface area contributed by atoms with Crippen LogP contribution in [0.2, 0.25) is 0 Å². The number of aryl methyl sites for hydroxylation is 2. The van der Waals surface area contributed by atoms with E-state index in [4.69, 9.17) is 19.9 Å². The third-order valence-electron chi connectivity index (χ3n) is 5.07. The van der Waals surface area contributed by atoms with Gasteiger partial charge in [0.25, 0.3) is 6.29 Å². The summed E-state index contributed by atoms with van der Waals surface area (Å²) in [4.78, 5) is 12.1. The van der Waals surface area contributed by atoms with Crippen LogP contribution >= 0.6 is 27.7 Å². The number of nitrogens with zero attached hydrogens (tertiary/aromatic N) is 3. The van der Waals surface area contributed by atoms with Gasteiger partial charge in [-0.1, -0.05) is 64.5 Å². The zero-order valence-electron chi connectivity index (χ0n) is 17.0. The second-order valence-electron chi connectivity index (χ2n) is 7.26. The van der Waals surface area contributed by atoms with E-state index in [9.17, 15) is 0 Å². The Morgan fingerprint density at radius 2 is 1.94 bits per heavy atom. The van der Waals surface area contributed by atoms with Crippen LogP contribution in [0.25, 0.3) is 11.2 Å². The minimum absolute atomic E-state index is 0.169. The normalized spacial score (nSPS) is 15.4. The van der Waals surface area contributed by atoms with Crippen LogP contribution < -0.4 is 5.49 Å². The molecular weight excluding hydrogens is 490 g/mol. The number of H-pyrrole nitrogens is 1. The van der Waals surface area contributed by atoms with Crippen LogP contribution in [0.5, 0.6) is 0 Å². The third-order valence-corrected chi connectivity index (χ3v) is 6.58. The molecule has 0 fully saturated rings. The van der Waals surface area contributed by atoms with Crippen molar-refractivity contribution in [2.75, 3.05) is 0 Å². The van der Waals surface area contributed by atoms with Gasteiger partial charge in [-0.25, -0.2) is 9.97 Å². The molecule has 2 aromatic carbocycles. The number of rotatable bonds is 7. The highest BCUT2D eigenvalue weighted by molar-refractivity contribution is 9.10. The van der Waals surface area contributed by atoms with Gasteiger partial charge in [0.15, 0.2) is 16.3 Å². The van der Waals surface area contributed by atoms with E-state index >= 15 is 0 Å². The molecule has 2 aromatic heterocycles. The monoisotopic (exact) mass is 509 g/mol. The van der Waals surface area contributed by atoms with Crippen molar-refractivity contribution in [1.82, 2.24) is 19.5 Å². The van der Waals surface area contributed by atoms with Crippen molar-refractivity contribution >= 4 is 38.9 Å². The standard InChI is InChI=1S/C23H20BrN5O2S/c24-17-11-5-4-10-16(17)22-30-13-18(31-22)32-23-27-19-20(25)26-14-29(21(19)28-23)12-6-9-15-7-2-1-3-8-15/h1-5,7-8,10-11,13-14,22,25H,6,9,12H2,(H,27,28). The first-order valence-corrected chi connectivity index (χ1v) is 11.8. The van der Waals surface area contributed by atoms with E-state index in [1.807, 2.05) is 34.9 Å². The SMILES string of the molecule is N=c1ncn(CCCc2ccccc2)c2nc(SC3=COC(c4ccccc4Br)O3)[nH]c12. The predicted octanol–water partition coefficient (Wildman–Crippen LogP) is 5.27. The predicted molar refractivity (Wildman–Crippen MR) is 125 cm³/mol. The average Bonchev–Trinajstić information content (AvgIpc) is 3.44. The van der Waals surface area contributed by atoms with Crippen LogP contribution in [0.15, 0.2) is 81.9 Å². The molecular formula is C23H20BrN5O2S. The number of aromatic nitrogens is 4. The van der Waals surface area contributed by atoms with Crippen molar-refractivity contribution in [3.63, 3.8) is 0 Å². The second kappa shape index (κ2) is 9.22. The van der Waals surface area contributed by atoms with E-state index in [0.717, 1.165) is 29.4 Å². The molecule has 1 aliphatic rings. The highest BCUT2D eigenvalue weighted by Crippen LogP contribution is 2.38. The summed E-state index contributed by atoms with van der Waals surface area (Å²) in [6.07, 6.45) is 4.69. The number of nitrogens with one attached hydrogen (secondary N) is 2. The second-order valence-corrected chi connectivity index (χ2v) is 9.11. The molecule has 0 saturated heterocycles. The Morgan fingerprint density at radius 1 is 1.12 bits per heavy atom. The molecule has 4 aromatic rings. The number of imidazole rings is 1. The Morgan fingerprint density at radius 3 is 2.78 bits per heavy atom. The summed E-state index contributed by atoms with van der Waals surface area (Å²) in [5, 5.41) is 9.38. The van der Waals surface area contributed by atoms with Gasteiger partial charge >= 0.3 is 0 Å². The summed E-state index contributed by atoms with van der Waals surface area (Å²) in [5.41, 5.74) is 3.71. The van der Waals surface area contributed by atoms with Gasteiger partial charge in [-0.15, -0.1) is 0 Å². The fourth-order valence-electron chi connectivity index (χ4n) is 3.50. The van der Waals surface area contributed by atoms with Gasteiger partial charge in [0.05, 0.1) is 6.33 Å². The average molecular weight is 510 g/mol. The van der Waals surface area contributed by atoms with Gasteiger partial charge in [-0.2, -0.15) is 0 Å². The molecule has 9 heteroatoms. The van der Waals surface area contributed by atoms with Gasteiger partial charge < -0.3 is 19.0 Å². The Kier molecular flexibility index (Phi) is 6.00. The van der Waals surface area contributed by atoms with Crippen LogP contribution in [-0.4, -0.2) is 19.5 Å². The van der Waals surface area contributed by atoms with Gasteiger partial charge in [-0.3, -0.25) is 5.41 Å². The van der Waals surface area contributed by atoms with E-state index in [2.05, 4.69) is 50.2 Å². The summed E-state index contributed by atoms with van der Waals surface area (Å²) in [5.74, 6) is 0. The lowest BCUT2D eigenvalue weighted by atomic mass is 10.1. The zero-order valence-corrected chi connectivity index (χ0v) is 19.4. The van der Waals surface area contributed by atoms with Crippen molar-refractivity contribution in [2.45, 2.75) is 30.8 Å². The molecule has 1 atom stereocenters. The van der Waals surface area contributed by atoms with Crippen LogP contribution in [0.4, 0.5) is 0 Å². The van der Waals surface area contributed by atoms with E-state index in [-0.39, 0.29) is 5.49 Å². The zero-order chi connectivity index (χ0) is 21.9. The number of thioether (sulfide) groups is 1. The van der Waals surface area contributed by atoms with Gasteiger partial charge in [0.1, 0.15) is 11.8 Å². The minimum Gasteiger partial charge on any atom is -0.454 e. The van der Waals surface area contributed by atoms with Crippen molar-refractivity contribution in [2.24, 2.45) is 0 Å². The molecule has 32 heavy (non-hydrogen) atoms. The van der Waals surface area contributed by atoms with Gasteiger partial charge in [-0.05, 0) is 36.2 Å². The molecule has 0 amide bonds. The lowest BCUT2D eigenvalue weighted by Gasteiger charge is -2.12. The molecule has 1 unspecified atom stereocenters. The number of aromatic amines is 1. The van der Waals surface area contributed by atoms with Crippen LogP contribution in [0.3, 0.4) is 0 Å². The quantitative estimate of drug-likeness (QED) is 0.354. The Bertz CT molecular complexity index is 1340. The van der Waals surface area contributed by atoms with Crippen molar-refractivity contribution in [3.8, 4) is 0 Å². The Hall–Kier alpha value is -3.04. The van der Waals surface area contributed by atoms with Crippen molar-refractivity contribution < 1.29 is 9.47 Å². The summed E-state index contributed by atoms with van der Waals surface area (Å²) in [6.45, 7) is 0.764. The Balaban J connectivity index is 1.29. The minimum atomic E-state index is -0.506. The molecule has 0 radical (unpaired) electrons. The number of benzene rings is 2. The highest BCUT2D eigenvalue weighted by Gasteiger charge is 2.25. The molecule has 0 bridgehead atoms. The first-order chi connectivity index (χ1) is 15.7. The first-order valence-electron chi connectivity index (χ1n) is 10.2. The number of hydrogen-bond donors (Lipinski definition) is 2. The van der Waals surface area contributed by atoms with E-state index < -0.39 is 6.29 Å². The maximum absolute atomic E-state index is 8.16. The molecule has 0 aliphatic carbocycles. The first kappa shape index (κ1) is 20.8. The van der Waals surface area contributed by atoms with Crippen molar-refractivity contribution in [3.05, 3.63) is 93.4 Å².